The molecule has 4 heteroatoms. The highest BCUT2D eigenvalue weighted by molar-refractivity contribution is 9.10. The van der Waals surface area contributed by atoms with Gasteiger partial charge in [0.05, 0.1) is 11.1 Å². The fraction of sp³-hybridized carbons (Fsp3) is 0.538. The molecule has 1 fully saturated rings. The molecule has 1 aliphatic carbocycles. The van der Waals surface area contributed by atoms with Crippen LogP contribution in [0.1, 0.15) is 43.8 Å². The molecule has 2 rings (SSSR count). The minimum Gasteiger partial charge on any atom is -0.388 e. The van der Waals surface area contributed by atoms with E-state index >= 15 is 0 Å². The first-order valence-electron chi connectivity index (χ1n) is 5.92. The Morgan fingerprint density at radius 3 is 2.59 bits per heavy atom. The van der Waals surface area contributed by atoms with Crippen LogP contribution in [0.5, 0.6) is 0 Å². The van der Waals surface area contributed by atoms with Gasteiger partial charge in [-0.3, -0.25) is 0 Å². The molecule has 0 spiro atoms. The van der Waals surface area contributed by atoms with Gasteiger partial charge in [-0.15, -0.1) is 0 Å². The fourth-order valence-electron chi connectivity index (χ4n) is 2.47. The van der Waals surface area contributed by atoms with Crippen molar-refractivity contribution >= 4 is 27.5 Å². The molecule has 1 atom stereocenters. The van der Waals surface area contributed by atoms with E-state index in [1.807, 2.05) is 0 Å². The van der Waals surface area contributed by atoms with E-state index in [2.05, 4.69) is 15.9 Å². The topological polar surface area (TPSA) is 20.2 Å². The summed E-state index contributed by atoms with van der Waals surface area (Å²) in [5.74, 6) is -0.227. The van der Waals surface area contributed by atoms with Crippen LogP contribution in [-0.2, 0) is 0 Å². The van der Waals surface area contributed by atoms with E-state index in [9.17, 15) is 9.50 Å². The summed E-state index contributed by atoms with van der Waals surface area (Å²) in [6.07, 6.45) is 4.65. The Bertz CT molecular complexity index is 405. The second-order valence-corrected chi connectivity index (χ2v) is 5.89. The van der Waals surface area contributed by atoms with E-state index < -0.39 is 6.10 Å². The summed E-state index contributed by atoms with van der Waals surface area (Å²) in [4.78, 5) is 0. The predicted octanol–water partition coefficient (Wildman–Crippen LogP) is 4.86. The first-order chi connectivity index (χ1) is 8.09. The lowest BCUT2D eigenvalue weighted by Crippen LogP contribution is -2.17. The number of rotatable bonds is 2. The average Bonchev–Trinajstić information content (AvgIpc) is 2.34. The summed E-state index contributed by atoms with van der Waals surface area (Å²) in [7, 11) is 0. The summed E-state index contributed by atoms with van der Waals surface area (Å²) in [5.41, 5.74) is 0.324. The molecule has 0 amide bonds. The van der Waals surface area contributed by atoms with Crippen LogP contribution in [0.2, 0.25) is 5.02 Å². The third-order valence-electron chi connectivity index (χ3n) is 3.45. The van der Waals surface area contributed by atoms with Crippen LogP contribution in [0.4, 0.5) is 4.39 Å². The number of benzene rings is 1. The van der Waals surface area contributed by atoms with Gasteiger partial charge in [0.2, 0.25) is 0 Å². The molecule has 17 heavy (non-hydrogen) atoms. The molecule has 1 nitrogen and oxygen atoms in total. The Hall–Kier alpha value is -0.120. The summed E-state index contributed by atoms with van der Waals surface area (Å²) >= 11 is 9.12. The number of aliphatic hydroxyl groups excluding tert-OH is 1. The van der Waals surface area contributed by atoms with Gasteiger partial charge >= 0.3 is 0 Å². The predicted molar refractivity (Wildman–Crippen MR) is 70.6 cm³/mol. The van der Waals surface area contributed by atoms with E-state index in [4.69, 9.17) is 11.6 Å². The molecule has 1 unspecified atom stereocenters. The van der Waals surface area contributed by atoms with Crippen molar-refractivity contribution in [3.63, 3.8) is 0 Å². The van der Waals surface area contributed by atoms with E-state index in [0.29, 0.717) is 15.1 Å². The Morgan fingerprint density at radius 2 is 1.94 bits per heavy atom. The van der Waals surface area contributed by atoms with Crippen molar-refractivity contribution in [3.8, 4) is 0 Å². The highest BCUT2D eigenvalue weighted by atomic mass is 79.9. The molecular formula is C13H15BrClFO. The summed E-state index contributed by atoms with van der Waals surface area (Å²) in [5, 5.41) is 10.7. The number of hydrogen-bond donors (Lipinski definition) is 1. The van der Waals surface area contributed by atoms with Gasteiger partial charge in [-0.1, -0.05) is 30.9 Å². The van der Waals surface area contributed by atoms with Crippen LogP contribution in [0.3, 0.4) is 0 Å². The maximum Gasteiger partial charge on any atom is 0.130 e. The van der Waals surface area contributed by atoms with Gasteiger partial charge in [-0.2, -0.15) is 0 Å². The van der Waals surface area contributed by atoms with E-state index in [1.54, 1.807) is 0 Å². The van der Waals surface area contributed by atoms with Crippen molar-refractivity contribution < 1.29 is 9.50 Å². The van der Waals surface area contributed by atoms with Crippen LogP contribution in [0, 0.1) is 11.7 Å². The van der Waals surface area contributed by atoms with Crippen LogP contribution in [-0.4, -0.2) is 5.11 Å². The van der Waals surface area contributed by atoms with Crippen molar-refractivity contribution in [1.82, 2.24) is 0 Å². The van der Waals surface area contributed by atoms with Gasteiger partial charge < -0.3 is 5.11 Å². The zero-order chi connectivity index (χ0) is 12.4. The quantitative estimate of drug-likeness (QED) is 0.772. The molecule has 0 aromatic heterocycles. The molecular weight excluding hydrogens is 306 g/mol. The lowest BCUT2D eigenvalue weighted by atomic mass is 9.82. The van der Waals surface area contributed by atoms with Gasteiger partial charge in [-0.25, -0.2) is 4.39 Å². The Balaban J connectivity index is 2.23. The second-order valence-electron chi connectivity index (χ2n) is 4.63. The van der Waals surface area contributed by atoms with Crippen LogP contribution >= 0.6 is 27.5 Å². The lowest BCUT2D eigenvalue weighted by molar-refractivity contribution is 0.0816. The largest absolute Gasteiger partial charge is 0.388 e. The zero-order valence-corrected chi connectivity index (χ0v) is 11.8. The number of halogens is 3. The van der Waals surface area contributed by atoms with Crippen molar-refractivity contribution in [2.45, 2.75) is 38.2 Å². The van der Waals surface area contributed by atoms with Crippen molar-refractivity contribution in [1.29, 1.82) is 0 Å². The maximum atomic E-state index is 13.8. The van der Waals surface area contributed by atoms with Gasteiger partial charge in [0.25, 0.3) is 0 Å². The minimum atomic E-state index is -0.735. The molecule has 0 bridgehead atoms. The van der Waals surface area contributed by atoms with E-state index in [-0.39, 0.29) is 11.7 Å². The summed E-state index contributed by atoms with van der Waals surface area (Å²) in [6, 6.07) is 2.85. The number of aliphatic hydroxyl groups is 1. The van der Waals surface area contributed by atoms with Crippen LogP contribution in [0.15, 0.2) is 16.6 Å². The zero-order valence-electron chi connectivity index (χ0n) is 9.43. The van der Waals surface area contributed by atoms with Gasteiger partial charge in [0.1, 0.15) is 5.82 Å². The molecule has 0 aliphatic heterocycles. The third kappa shape index (κ3) is 3.01. The normalized spacial score (nSPS) is 19.3. The van der Waals surface area contributed by atoms with E-state index in [0.717, 1.165) is 25.7 Å². The monoisotopic (exact) mass is 320 g/mol. The lowest BCUT2D eigenvalue weighted by Gasteiger charge is -2.27. The van der Waals surface area contributed by atoms with Gasteiger partial charge in [-0.05, 0) is 46.8 Å². The second kappa shape index (κ2) is 5.68. The SMILES string of the molecule is OC(c1cc(Cl)c(Br)cc1F)C1CCCCC1. The Kier molecular flexibility index (Phi) is 4.45. The molecule has 1 aromatic rings. The first-order valence-corrected chi connectivity index (χ1v) is 7.09. The Morgan fingerprint density at radius 1 is 1.29 bits per heavy atom. The highest BCUT2D eigenvalue weighted by Gasteiger charge is 2.25. The molecule has 1 aromatic carbocycles. The van der Waals surface area contributed by atoms with Crippen LogP contribution < -0.4 is 0 Å². The summed E-state index contributed by atoms with van der Waals surface area (Å²) in [6.45, 7) is 0. The molecule has 0 saturated heterocycles. The molecule has 0 heterocycles. The molecule has 1 saturated carbocycles. The van der Waals surface area contributed by atoms with Crippen LogP contribution in [0.25, 0.3) is 0 Å². The molecule has 0 radical (unpaired) electrons. The third-order valence-corrected chi connectivity index (χ3v) is 4.65. The Labute approximate surface area is 114 Å². The number of hydrogen-bond acceptors (Lipinski definition) is 1. The van der Waals surface area contributed by atoms with Crippen molar-refractivity contribution in [3.05, 3.63) is 33.0 Å². The smallest absolute Gasteiger partial charge is 0.130 e. The van der Waals surface area contributed by atoms with Crippen molar-refractivity contribution in [2.75, 3.05) is 0 Å². The minimum absolute atomic E-state index is 0.162. The van der Waals surface area contributed by atoms with Gasteiger partial charge in [0, 0.05) is 10.0 Å². The molecule has 94 valence electrons. The molecule has 1 aliphatic rings. The fourth-order valence-corrected chi connectivity index (χ4v) is 2.96. The maximum absolute atomic E-state index is 13.8. The standard InChI is InChI=1S/C13H15BrClFO/c14-10-7-12(16)9(6-11(10)15)13(17)8-4-2-1-3-5-8/h6-8,13,17H,1-5H2. The first kappa shape index (κ1) is 13.3. The van der Waals surface area contributed by atoms with Gasteiger partial charge in [0.15, 0.2) is 0 Å². The van der Waals surface area contributed by atoms with Crippen molar-refractivity contribution in [2.24, 2.45) is 5.92 Å². The van der Waals surface area contributed by atoms with E-state index in [1.165, 1.54) is 18.6 Å². The highest BCUT2D eigenvalue weighted by Crippen LogP contribution is 2.37. The summed E-state index contributed by atoms with van der Waals surface area (Å²) < 4.78 is 14.3. The molecule has 1 N–H and O–H groups in total. The average molecular weight is 322 g/mol.